The van der Waals surface area contributed by atoms with Crippen LogP contribution in [0.25, 0.3) is 0 Å². The Balaban J connectivity index is 1.11. The van der Waals surface area contributed by atoms with Gasteiger partial charge in [-0.15, -0.1) is 6.42 Å². The molecule has 0 unspecified atom stereocenters. The Bertz CT molecular complexity index is 2470. The molecule has 6 aromatic rings. The molecule has 0 aliphatic heterocycles. The zero-order valence-electron chi connectivity index (χ0n) is 27.7. The minimum absolute atomic E-state index is 0.0239. The number of terminal acetylenes is 1. The van der Waals surface area contributed by atoms with Crippen molar-refractivity contribution in [3.05, 3.63) is 145 Å². The molecule has 0 spiro atoms. The molecule has 0 heterocycles. The van der Waals surface area contributed by atoms with Gasteiger partial charge in [-0.2, -0.15) is 8.42 Å². The molecule has 0 aliphatic carbocycles. The van der Waals surface area contributed by atoms with E-state index >= 15 is 0 Å². The van der Waals surface area contributed by atoms with Gasteiger partial charge in [0.2, 0.25) is 9.84 Å². The lowest BCUT2D eigenvalue weighted by Gasteiger charge is -2.13. The van der Waals surface area contributed by atoms with Crippen LogP contribution in [0, 0.1) is 19.3 Å². The summed E-state index contributed by atoms with van der Waals surface area (Å²) in [5.74, 6) is 5.87. The third-order valence-electron chi connectivity index (χ3n) is 7.50. The van der Waals surface area contributed by atoms with Gasteiger partial charge in [-0.1, -0.05) is 5.92 Å². The van der Waals surface area contributed by atoms with Crippen LogP contribution in [0.3, 0.4) is 0 Å². The van der Waals surface area contributed by atoms with Crippen LogP contribution in [0.4, 0.5) is 0 Å². The first-order valence-corrected chi connectivity index (χ1v) is 18.4. The summed E-state index contributed by atoms with van der Waals surface area (Å²) in [5.41, 5.74) is 1.42. The number of benzene rings is 6. The van der Waals surface area contributed by atoms with Crippen molar-refractivity contribution in [1.82, 2.24) is 0 Å². The maximum atomic E-state index is 13.4. The number of aryl methyl sites for hydroxylation is 1. The first-order chi connectivity index (χ1) is 24.9. The van der Waals surface area contributed by atoms with Crippen LogP contribution in [-0.2, 0) is 20.0 Å². The Morgan fingerprint density at radius 1 is 0.519 bits per heavy atom. The first kappa shape index (κ1) is 35.6. The highest BCUT2D eigenvalue weighted by molar-refractivity contribution is 7.91. The number of ether oxygens (including phenoxy) is 5. The molecule has 6 rings (SSSR count). The third-order valence-corrected chi connectivity index (χ3v) is 10.2. The SMILES string of the molecule is C#Cc1cc(C)cc(Oc2ccc(Oc3ccc(S(=O)(=O)c4ccc(Oc5ccc(Oc6ccc(OC)cc6)cc5)cc4)cc3)c(S(=O)(=O)O)c2)c1. The molecule has 0 bridgehead atoms. The van der Waals surface area contributed by atoms with Crippen LogP contribution >= 0.6 is 0 Å². The van der Waals surface area contributed by atoms with E-state index in [9.17, 15) is 21.4 Å². The normalized spacial score (nSPS) is 11.3. The number of methoxy groups -OCH3 is 1. The van der Waals surface area contributed by atoms with E-state index in [-0.39, 0.29) is 27.0 Å². The summed E-state index contributed by atoms with van der Waals surface area (Å²) >= 11 is 0. The van der Waals surface area contributed by atoms with Gasteiger partial charge in [0, 0.05) is 11.6 Å². The zero-order valence-corrected chi connectivity index (χ0v) is 29.3. The molecule has 6 aromatic carbocycles. The maximum absolute atomic E-state index is 13.4. The van der Waals surface area contributed by atoms with Crippen molar-refractivity contribution in [3.63, 3.8) is 0 Å². The van der Waals surface area contributed by atoms with Crippen molar-refractivity contribution in [2.75, 3.05) is 7.11 Å². The summed E-state index contributed by atoms with van der Waals surface area (Å²) in [6.07, 6.45) is 5.49. The monoisotopic (exact) mass is 734 g/mol. The fraction of sp³-hybridized carbons (Fsp3) is 0.0500. The third kappa shape index (κ3) is 8.54. The summed E-state index contributed by atoms with van der Waals surface area (Å²) < 4.78 is 89.7. The summed E-state index contributed by atoms with van der Waals surface area (Å²) in [6.45, 7) is 1.83. The predicted molar refractivity (Wildman–Crippen MR) is 193 cm³/mol. The Morgan fingerprint density at radius 2 is 0.942 bits per heavy atom. The lowest BCUT2D eigenvalue weighted by atomic mass is 10.1. The number of hydrogen-bond donors (Lipinski definition) is 1. The largest absolute Gasteiger partial charge is 0.497 e. The summed E-state index contributed by atoms with van der Waals surface area (Å²) in [5, 5.41) is 0. The average Bonchev–Trinajstić information content (AvgIpc) is 3.13. The summed E-state index contributed by atoms with van der Waals surface area (Å²) in [7, 11) is -7.09. The molecule has 12 heteroatoms. The van der Waals surface area contributed by atoms with Gasteiger partial charge in [0.15, 0.2) is 0 Å². The highest BCUT2D eigenvalue weighted by atomic mass is 32.2. The Hall–Kier alpha value is -6.26. The quantitative estimate of drug-likeness (QED) is 0.0958. The minimum Gasteiger partial charge on any atom is -0.497 e. The van der Waals surface area contributed by atoms with E-state index in [0.717, 1.165) is 17.4 Å². The highest BCUT2D eigenvalue weighted by Gasteiger charge is 2.21. The van der Waals surface area contributed by atoms with E-state index in [1.807, 2.05) is 6.92 Å². The number of hydrogen-bond acceptors (Lipinski definition) is 9. The molecular formula is C40H30O10S2. The van der Waals surface area contributed by atoms with Gasteiger partial charge in [-0.05, 0) is 140 Å². The predicted octanol–water partition coefficient (Wildman–Crippen LogP) is 9.23. The minimum atomic E-state index is -4.75. The van der Waals surface area contributed by atoms with Crippen molar-refractivity contribution in [2.24, 2.45) is 0 Å². The van der Waals surface area contributed by atoms with E-state index in [4.69, 9.17) is 30.1 Å². The molecule has 0 atom stereocenters. The van der Waals surface area contributed by atoms with E-state index in [1.54, 1.807) is 86.0 Å². The van der Waals surface area contributed by atoms with Crippen molar-refractivity contribution in [3.8, 4) is 64.1 Å². The first-order valence-electron chi connectivity index (χ1n) is 15.5. The summed E-state index contributed by atoms with van der Waals surface area (Å²) in [6, 6.07) is 34.5. The van der Waals surface area contributed by atoms with Crippen molar-refractivity contribution >= 4 is 20.0 Å². The molecule has 0 saturated heterocycles. The molecule has 0 aromatic heterocycles. The topological polar surface area (TPSA) is 135 Å². The second-order valence-electron chi connectivity index (χ2n) is 11.3. The molecule has 0 saturated carbocycles. The fourth-order valence-electron chi connectivity index (χ4n) is 4.99. The van der Waals surface area contributed by atoms with Gasteiger partial charge in [0.25, 0.3) is 10.1 Å². The van der Waals surface area contributed by atoms with Crippen LogP contribution in [0.1, 0.15) is 11.1 Å². The van der Waals surface area contributed by atoms with Gasteiger partial charge in [0.05, 0.1) is 16.9 Å². The second-order valence-corrected chi connectivity index (χ2v) is 14.6. The van der Waals surface area contributed by atoms with Crippen LogP contribution in [0.5, 0.6) is 51.7 Å². The average molecular weight is 735 g/mol. The van der Waals surface area contributed by atoms with Crippen LogP contribution in [0.15, 0.2) is 148 Å². The van der Waals surface area contributed by atoms with Gasteiger partial charge < -0.3 is 23.7 Å². The molecule has 10 nitrogen and oxygen atoms in total. The van der Waals surface area contributed by atoms with Crippen LogP contribution in [0.2, 0.25) is 0 Å². The standard InChI is InChI=1S/C40H30O10S2/c1-4-28-23-27(2)24-36(25-28)49-35-17-22-39(40(26-35)52(43,44)45)50-34-15-20-38(21-16-34)51(41,42)37-18-13-33(14-19-37)48-32-11-9-31(10-12-32)47-30-7-5-29(46-3)6-8-30/h1,5-26H,2-3H3,(H,43,44,45). The molecule has 0 aliphatic rings. The van der Waals surface area contributed by atoms with E-state index in [1.165, 1.54) is 48.5 Å². The summed E-state index contributed by atoms with van der Waals surface area (Å²) in [4.78, 5) is -0.542. The molecular weight excluding hydrogens is 705 g/mol. The van der Waals surface area contributed by atoms with Gasteiger partial charge >= 0.3 is 0 Å². The van der Waals surface area contributed by atoms with Gasteiger partial charge in [-0.25, -0.2) is 8.42 Å². The molecule has 0 amide bonds. The Labute approximate surface area is 301 Å². The molecule has 0 fully saturated rings. The van der Waals surface area contributed by atoms with Crippen molar-refractivity contribution < 1.29 is 45.1 Å². The molecule has 52 heavy (non-hydrogen) atoms. The zero-order chi connectivity index (χ0) is 36.9. The smallest absolute Gasteiger partial charge is 0.298 e. The second kappa shape index (κ2) is 14.9. The maximum Gasteiger partial charge on any atom is 0.298 e. The number of rotatable bonds is 12. The lowest BCUT2D eigenvalue weighted by molar-refractivity contribution is 0.413. The van der Waals surface area contributed by atoms with Crippen molar-refractivity contribution in [1.29, 1.82) is 0 Å². The van der Waals surface area contributed by atoms with Crippen LogP contribution < -0.4 is 23.7 Å². The van der Waals surface area contributed by atoms with E-state index < -0.39 is 24.9 Å². The van der Waals surface area contributed by atoms with E-state index in [2.05, 4.69) is 5.92 Å². The molecule has 262 valence electrons. The Kier molecular flexibility index (Phi) is 10.2. The molecule has 0 radical (unpaired) electrons. The highest BCUT2D eigenvalue weighted by Crippen LogP contribution is 2.35. The van der Waals surface area contributed by atoms with E-state index in [0.29, 0.717) is 34.3 Å². The Morgan fingerprint density at radius 3 is 1.40 bits per heavy atom. The lowest BCUT2D eigenvalue weighted by Crippen LogP contribution is -2.03. The molecule has 1 N–H and O–H groups in total. The van der Waals surface area contributed by atoms with Crippen molar-refractivity contribution in [2.45, 2.75) is 21.6 Å². The van der Waals surface area contributed by atoms with Gasteiger partial charge in [-0.3, -0.25) is 4.55 Å². The van der Waals surface area contributed by atoms with Crippen LogP contribution in [-0.4, -0.2) is 28.5 Å². The number of sulfone groups is 1. The van der Waals surface area contributed by atoms with Gasteiger partial charge in [0.1, 0.15) is 56.6 Å². The fourth-order valence-corrected chi connectivity index (χ4v) is 6.88.